The number of aromatic nitrogens is 5. The second kappa shape index (κ2) is 14.3. The van der Waals surface area contributed by atoms with Gasteiger partial charge in [0.05, 0.1) is 25.0 Å². The molecule has 4 aromatic rings. The zero-order valence-electron chi connectivity index (χ0n) is 23.7. The Balaban J connectivity index is 1.47. The van der Waals surface area contributed by atoms with E-state index in [0.29, 0.717) is 61.7 Å². The van der Waals surface area contributed by atoms with Crippen molar-refractivity contribution >= 4 is 11.8 Å². The van der Waals surface area contributed by atoms with Crippen LogP contribution in [-0.4, -0.2) is 87.5 Å². The van der Waals surface area contributed by atoms with Crippen LogP contribution in [0.4, 0.5) is 14.6 Å². The lowest BCUT2D eigenvalue weighted by molar-refractivity contribution is -0.146. The van der Waals surface area contributed by atoms with E-state index >= 15 is 4.39 Å². The second-order valence-electron chi connectivity index (χ2n) is 10.00. The summed E-state index contributed by atoms with van der Waals surface area (Å²) in [5.41, 5.74) is 1.73. The van der Waals surface area contributed by atoms with Crippen LogP contribution < -0.4 is 15.5 Å². The van der Waals surface area contributed by atoms with Gasteiger partial charge in [-0.3, -0.25) is 4.68 Å². The predicted molar refractivity (Wildman–Crippen MR) is 153 cm³/mol. The first kappa shape index (κ1) is 30.2. The summed E-state index contributed by atoms with van der Waals surface area (Å²) >= 11 is 0. The lowest BCUT2D eigenvalue weighted by Gasteiger charge is -2.40. The average molecular weight is 597 g/mol. The molecule has 1 saturated heterocycles. The molecule has 4 heterocycles. The predicted octanol–water partition coefficient (Wildman–Crippen LogP) is 2.39. The Morgan fingerprint density at radius 2 is 2.05 bits per heavy atom. The highest BCUT2D eigenvalue weighted by Crippen LogP contribution is 2.30. The Hall–Kier alpha value is -4.27. The highest BCUT2D eigenvalue weighted by Gasteiger charge is 2.39. The lowest BCUT2D eigenvalue weighted by Crippen LogP contribution is -2.59. The summed E-state index contributed by atoms with van der Waals surface area (Å²) in [5.74, 6) is -1.49. The van der Waals surface area contributed by atoms with Crippen LogP contribution >= 0.6 is 0 Å². The maximum absolute atomic E-state index is 15.4. The van der Waals surface area contributed by atoms with Crippen molar-refractivity contribution in [3.8, 4) is 22.9 Å². The molecule has 1 fully saturated rings. The Kier molecular flexibility index (Phi) is 10.0. The fourth-order valence-corrected chi connectivity index (χ4v) is 5.18. The normalized spacial score (nSPS) is 16.9. The molecule has 2 unspecified atom stereocenters. The van der Waals surface area contributed by atoms with E-state index in [1.54, 1.807) is 39.9 Å². The van der Waals surface area contributed by atoms with Gasteiger partial charge < -0.3 is 29.9 Å². The van der Waals surface area contributed by atoms with E-state index < -0.39 is 17.8 Å². The highest BCUT2D eigenvalue weighted by molar-refractivity contribution is 5.81. The number of nitrogens with zero attached hydrogens (tertiary/aromatic N) is 6. The maximum atomic E-state index is 15.4. The second-order valence-corrected chi connectivity index (χ2v) is 10.00. The molecule has 228 valence electrons. The van der Waals surface area contributed by atoms with Crippen molar-refractivity contribution in [2.24, 2.45) is 0 Å². The van der Waals surface area contributed by atoms with Gasteiger partial charge in [-0.15, -0.1) is 0 Å². The number of carbonyl (C=O) groups is 1. The van der Waals surface area contributed by atoms with Gasteiger partial charge in [0.15, 0.2) is 17.5 Å². The van der Waals surface area contributed by atoms with Crippen molar-refractivity contribution in [3.05, 3.63) is 66.1 Å². The van der Waals surface area contributed by atoms with Crippen LogP contribution in [0.3, 0.4) is 0 Å². The molecule has 3 N–H and O–H groups in total. The van der Waals surface area contributed by atoms with E-state index in [9.17, 15) is 9.18 Å². The number of ether oxygens (including phenoxy) is 1. The Bertz CT molecular complexity index is 1500. The van der Waals surface area contributed by atoms with Crippen LogP contribution in [0.5, 0.6) is 0 Å². The number of carbonyl (C=O) groups excluding carboxylic acids is 1. The molecule has 0 radical (unpaired) electrons. The van der Waals surface area contributed by atoms with Crippen molar-refractivity contribution in [2.45, 2.75) is 38.4 Å². The molecule has 0 amide bonds. The minimum absolute atomic E-state index is 0.0242. The van der Waals surface area contributed by atoms with Gasteiger partial charge in [0.25, 0.3) is 0 Å². The number of likely N-dealkylation sites (N-methyl/N-ethyl adjacent to an activating group) is 1. The van der Waals surface area contributed by atoms with E-state index in [4.69, 9.17) is 14.4 Å². The summed E-state index contributed by atoms with van der Waals surface area (Å²) in [6, 6.07) is 8.60. The molecule has 0 spiro atoms. The number of rotatable bonds is 13. The largest absolute Gasteiger partial charge is 0.463 e. The molecule has 0 saturated carbocycles. The summed E-state index contributed by atoms with van der Waals surface area (Å²) < 4.78 is 42.0. The zero-order chi connectivity index (χ0) is 30.2. The monoisotopic (exact) mass is 596 g/mol. The SMILES string of the molecule is CCNC1CCCN(c2nc(-c3cc(-c4ccon4)n(Cc4ccccc4F)n3)ncc2F)C1C(=O)OCCNCCO. The molecular formula is C29H34F2N8O4. The van der Waals surface area contributed by atoms with Gasteiger partial charge in [-0.1, -0.05) is 30.3 Å². The molecule has 43 heavy (non-hydrogen) atoms. The Labute approximate surface area is 247 Å². The number of hydrogen-bond donors (Lipinski definition) is 3. The Morgan fingerprint density at radius 3 is 2.81 bits per heavy atom. The third kappa shape index (κ3) is 7.04. The first-order valence-electron chi connectivity index (χ1n) is 14.2. The number of halogens is 2. The van der Waals surface area contributed by atoms with Crippen LogP contribution in [0.15, 0.2) is 53.4 Å². The van der Waals surface area contributed by atoms with Gasteiger partial charge in [-0.05, 0) is 31.5 Å². The summed E-state index contributed by atoms with van der Waals surface area (Å²) in [6.07, 6.45) is 3.88. The number of aliphatic hydroxyl groups is 1. The van der Waals surface area contributed by atoms with Crippen LogP contribution in [0.2, 0.25) is 0 Å². The van der Waals surface area contributed by atoms with E-state index in [-0.39, 0.29) is 43.3 Å². The van der Waals surface area contributed by atoms with E-state index in [1.807, 2.05) is 6.92 Å². The molecule has 12 nitrogen and oxygen atoms in total. The standard InChI is InChI=1S/C29H34F2N8O4/c1-2-33-23-8-5-12-38(26(23)29(41)42-15-11-32-10-13-40)28-21(31)17-34-27(35-28)24-16-25(22-9-14-43-37-22)39(36-24)18-19-6-3-4-7-20(19)30/h3-4,6-7,9,14,16-17,23,26,32-33,40H,2,5,8,10-13,15,18H2,1H3. The minimum atomic E-state index is -0.826. The van der Waals surface area contributed by atoms with Crippen molar-refractivity contribution in [1.29, 1.82) is 0 Å². The number of piperidine rings is 1. The summed E-state index contributed by atoms with van der Waals surface area (Å²) in [6.45, 7) is 3.87. The number of anilines is 1. The van der Waals surface area contributed by atoms with Crippen LogP contribution in [0.1, 0.15) is 25.3 Å². The van der Waals surface area contributed by atoms with Crippen LogP contribution in [0.25, 0.3) is 22.9 Å². The molecule has 5 rings (SSSR count). The first-order valence-corrected chi connectivity index (χ1v) is 14.2. The van der Waals surface area contributed by atoms with Crippen molar-refractivity contribution in [3.63, 3.8) is 0 Å². The van der Waals surface area contributed by atoms with Crippen molar-refractivity contribution < 1.29 is 27.9 Å². The van der Waals surface area contributed by atoms with Gasteiger partial charge in [-0.25, -0.2) is 23.5 Å². The van der Waals surface area contributed by atoms with Crippen LogP contribution in [0, 0.1) is 11.6 Å². The number of aliphatic hydroxyl groups excluding tert-OH is 1. The zero-order valence-corrected chi connectivity index (χ0v) is 23.7. The Morgan fingerprint density at radius 1 is 1.19 bits per heavy atom. The first-order chi connectivity index (χ1) is 21.0. The van der Waals surface area contributed by atoms with E-state index in [2.05, 4.69) is 30.9 Å². The number of benzene rings is 1. The molecule has 1 aliphatic heterocycles. The molecule has 2 atom stereocenters. The molecule has 0 bridgehead atoms. The fourth-order valence-electron chi connectivity index (χ4n) is 5.18. The number of nitrogens with one attached hydrogen (secondary N) is 2. The molecule has 3 aromatic heterocycles. The number of esters is 1. The van der Waals surface area contributed by atoms with Gasteiger partial charge in [0.2, 0.25) is 0 Å². The van der Waals surface area contributed by atoms with E-state index in [1.165, 1.54) is 12.3 Å². The highest BCUT2D eigenvalue weighted by atomic mass is 19.1. The topological polar surface area (TPSA) is 143 Å². The molecule has 1 aliphatic rings. The van der Waals surface area contributed by atoms with E-state index in [0.717, 1.165) is 6.20 Å². The summed E-state index contributed by atoms with van der Waals surface area (Å²) in [7, 11) is 0. The maximum Gasteiger partial charge on any atom is 0.330 e. The van der Waals surface area contributed by atoms with Gasteiger partial charge in [-0.2, -0.15) is 5.10 Å². The fraction of sp³-hybridized carbons (Fsp3) is 0.414. The molecule has 0 aliphatic carbocycles. The summed E-state index contributed by atoms with van der Waals surface area (Å²) in [4.78, 5) is 23.7. The molecule has 1 aromatic carbocycles. The van der Waals surface area contributed by atoms with Gasteiger partial charge in [0.1, 0.15) is 36.1 Å². The smallest absolute Gasteiger partial charge is 0.330 e. The van der Waals surface area contributed by atoms with Crippen molar-refractivity contribution in [1.82, 2.24) is 35.5 Å². The third-order valence-electron chi connectivity index (χ3n) is 7.14. The van der Waals surface area contributed by atoms with Gasteiger partial charge in [0, 0.05) is 37.3 Å². The molecular weight excluding hydrogens is 562 g/mol. The lowest BCUT2D eigenvalue weighted by atomic mass is 9.95. The quantitative estimate of drug-likeness (QED) is 0.155. The average Bonchev–Trinajstić information content (AvgIpc) is 3.69. The summed E-state index contributed by atoms with van der Waals surface area (Å²) in [5, 5.41) is 23.9. The third-order valence-corrected chi connectivity index (χ3v) is 7.14. The number of hydrogen-bond acceptors (Lipinski definition) is 11. The minimum Gasteiger partial charge on any atom is -0.463 e. The van der Waals surface area contributed by atoms with Gasteiger partial charge >= 0.3 is 5.97 Å². The molecule has 14 heteroatoms. The van der Waals surface area contributed by atoms with Crippen LogP contribution in [-0.2, 0) is 16.1 Å². The van der Waals surface area contributed by atoms with Crippen molar-refractivity contribution in [2.75, 3.05) is 44.3 Å².